The zero-order valence-corrected chi connectivity index (χ0v) is 7.64. The number of fused-ring (bicyclic) bond motifs is 1. The Morgan fingerprint density at radius 3 is 2.45 bits per heavy atom. The van der Waals surface area contributed by atoms with Crippen molar-refractivity contribution in [2.24, 2.45) is 23.2 Å². The summed E-state index contributed by atoms with van der Waals surface area (Å²) in [7, 11) is 0. The molecular formula is C11H18. The first-order valence-electron chi connectivity index (χ1n) is 4.84. The molecule has 0 N–H and O–H groups in total. The van der Waals surface area contributed by atoms with Crippen LogP contribution in [0, 0.1) is 23.2 Å². The molecular weight excluding hydrogens is 132 g/mol. The Morgan fingerprint density at radius 2 is 2.27 bits per heavy atom. The summed E-state index contributed by atoms with van der Waals surface area (Å²) in [5.74, 6) is 2.78. The maximum absolute atomic E-state index is 3.93. The van der Waals surface area contributed by atoms with Gasteiger partial charge in [0.2, 0.25) is 0 Å². The van der Waals surface area contributed by atoms with Crippen LogP contribution in [0.1, 0.15) is 33.1 Å². The van der Waals surface area contributed by atoms with E-state index < -0.39 is 0 Å². The smallest absolute Gasteiger partial charge is 0.0172 e. The van der Waals surface area contributed by atoms with Crippen LogP contribution >= 0.6 is 0 Å². The lowest BCUT2D eigenvalue weighted by Crippen LogP contribution is -2.58. The summed E-state index contributed by atoms with van der Waals surface area (Å²) >= 11 is 0. The van der Waals surface area contributed by atoms with Crippen molar-refractivity contribution in [1.29, 1.82) is 0 Å². The molecule has 2 fully saturated rings. The van der Waals surface area contributed by atoms with Gasteiger partial charge in [0.05, 0.1) is 0 Å². The molecule has 0 amide bonds. The predicted molar refractivity (Wildman–Crippen MR) is 48.3 cm³/mol. The molecule has 0 heteroatoms. The molecule has 0 aliphatic heterocycles. The molecule has 2 aliphatic rings. The fourth-order valence-corrected chi connectivity index (χ4v) is 3.38. The molecule has 0 aromatic carbocycles. The van der Waals surface area contributed by atoms with Gasteiger partial charge in [0.25, 0.3) is 0 Å². The standard InChI is InChI=1S/C11H18/c1-4-9-7-10-5-6-11(9,10)8(2)3/h4,8-10H,1,5-7H2,2-3H3. The molecule has 0 aromatic rings. The fraction of sp³-hybridized carbons (Fsp3) is 0.818. The second-order valence-corrected chi connectivity index (χ2v) is 4.58. The highest BCUT2D eigenvalue weighted by Crippen LogP contribution is 2.68. The van der Waals surface area contributed by atoms with E-state index in [-0.39, 0.29) is 0 Å². The average Bonchev–Trinajstić information content (AvgIpc) is 1.93. The highest BCUT2D eigenvalue weighted by Gasteiger charge is 2.60. The number of allylic oxidation sites excluding steroid dienone is 1. The van der Waals surface area contributed by atoms with Gasteiger partial charge < -0.3 is 0 Å². The number of hydrogen-bond acceptors (Lipinski definition) is 0. The van der Waals surface area contributed by atoms with Crippen molar-refractivity contribution in [2.45, 2.75) is 33.1 Å². The van der Waals surface area contributed by atoms with E-state index in [1.54, 1.807) is 0 Å². The van der Waals surface area contributed by atoms with Crippen LogP contribution < -0.4 is 0 Å². The third kappa shape index (κ3) is 0.660. The SMILES string of the molecule is C=CC1CC2CCC12C(C)C. The first kappa shape index (κ1) is 7.39. The van der Waals surface area contributed by atoms with Crippen LogP contribution in [-0.4, -0.2) is 0 Å². The van der Waals surface area contributed by atoms with E-state index >= 15 is 0 Å². The summed E-state index contributed by atoms with van der Waals surface area (Å²) in [6.07, 6.45) is 6.58. The van der Waals surface area contributed by atoms with Gasteiger partial charge >= 0.3 is 0 Å². The van der Waals surface area contributed by atoms with E-state index in [2.05, 4.69) is 26.5 Å². The monoisotopic (exact) mass is 150 g/mol. The summed E-state index contributed by atoms with van der Waals surface area (Å²) in [6.45, 7) is 8.68. The second-order valence-electron chi connectivity index (χ2n) is 4.58. The Balaban J connectivity index is 2.15. The second kappa shape index (κ2) is 2.12. The van der Waals surface area contributed by atoms with Crippen molar-refractivity contribution in [3.63, 3.8) is 0 Å². The van der Waals surface area contributed by atoms with E-state index in [1.807, 2.05) is 0 Å². The van der Waals surface area contributed by atoms with Crippen LogP contribution in [0.3, 0.4) is 0 Å². The lowest BCUT2D eigenvalue weighted by molar-refractivity contribution is -0.154. The molecule has 2 aliphatic carbocycles. The van der Waals surface area contributed by atoms with Gasteiger partial charge in [-0.25, -0.2) is 0 Å². The van der Waals surface area contributed by atoms with Crippen molar-refractivity contribution in [3.05, 3.63) is 12.7 Å². The molecule has 11 heavy (non-hydrogen) atoms. The molecule has 0 bridgehead atoms. The molecule has 3 atom stereocenters. The Morgan fingerprint density at radius 1 is 1.55 bits per heavy atom. The zero-order valence-electron chi connectivity index (χ0n) is 7.64. The first-order chi connectivity index (χ1) is 5.21. The minimum atomic E-state index is 0.710. The summed E-state index contributed by atoms with van der Waals surface area (Å²) in [4.78, 5) is 0. The van der Waals surface area contributed by atoms with Crippen molar-refractivity contribution in [2.75, 3.05) is 0 Å². The van der Waals surface area contributed by atoms with Gasteiger partial charge in [-0.1, -0.05) is 19.9 Å². The molecule has 2 saturated carbocycles. The molecule has 62 valence electrons. The van der Waals surface area contributed by atoms with Gasteiger partial charge in [-0.15, -0.1) is 6.58 Å². The normalized spacial score (nSPS) is 47.5. The first-order valence-corrected chi connectivity index (χ1v) is 4.84. The Kier molecular flexibility index (Phi) is 1.42. The van der Waals surface area contributed by atoms with E-state index in [0.29, 0.717) is 5.41 Å². The molecule has 0 saturated heterocycles. The fourth-order valence-electron chi connectivity index (χ4n) is 3.38. The lowest BCUT2D eigenvalue weighted by atomic mass is 9.39. The van der Waals surface area contributed by atoms with Crippen LogP contribution in [-0.2, 0) is 0 Å². The summed E-state index contributed by atoms with van der Waals surface area (Å²) in [6, 6.07) is 0. The molecule has 0 heterocycles. The van der Waals surface area contributed by atoms with Gasteiger partial charge in [0, 0.05) is 0 Å². The van der Waals surface area contributed by atoms with Gasteiger partial charge in [-0.05, 0) is 42.4 Å². The molecule has 0 radical (unpaired) electrons. The van der Waals surface area contributed by atoms with E-state index in [1.165, 1.54) is 19.3 Å². The van der Waals surface area contributed by atoms with Crippen molar-refractivity contribution < 1.29 is 0 Å². The Labute approximate surface area is 69.7 Å². The van der Waals surface area contributed by atoms with Crippen LogP contribution in [0.5, 0.6) is 0 Å². The average molecular weight is 150 g/mol. The quantitative estimate of drug-likeness (QED) is 0.530. The van der Waals surface area contributed by atoms with E-state index in [4.69, 9.17) is 0 Å². The minimum Gasteiger partial charge on any atom is -0.103 e. The minimum absolute atomic E-state index is 0.710. The summed E-state index contributed by atoms with van der Waals surface area (Å²) in [5.41, 5.74) is 0.710. The Bertz CT molecular complexity index is 176. The summed E-state index contributed by atoms with van der Waals surface area (Å²) < 4.78 is 0. The molecule has 0 aromatic heterocycles. The van der Waals surface area contributed by atoms with Crippen molar-refractivity contribution in [3.8, 4) is 0 Å². The highest BCUT2D eigenvalue weighted by molar-refractivity contribution is 5.14. The van der Waals surface area contributed by atoms with Gasteiger partial charge in [0.15, 0.2) is 0 Å². The molecule has 0 spiro atoms. The predicted octanol–water partition coefficient (Wildman–Crippen LogP) is 3.24. The van der Waals surface area contributed by atoms with Gasteiger partial charge in [0.1, 0.15) is 0 Å². The maximum atomic E-state index is 3.93. The summed E-state index contributed by atoms with van der Waals surface area (Å²) in [5, 5.41) is 0. The zero-order chi connectivity index (χ0) is 8.06. The van der Waals surface area contributed by atoms with Gasteiger partial charge in [-0.2, -0.15) is 0 Å². The van der Waals surface area contributed by atoms with Gasteiger partial charge in [-0.3, -0.25) is 0 Å². The number of rotatable bonds is 2. The Hall–Kier alpha value is -0.260. The molecule has 0 nitrogen and oxygen atoms in total. The highest BCUT2D eigenvalue weighted by atomic mass is 14.6. The maximum Gasteiger partial charge on any atom is -0.0172 e. The van der Waals surface area contributed by atoms with E-state index in [9.17, 15) is 0 Å². The van der Waals surface area contributed by atoms with Crippen molar-refractivity contribution in [1.82, 2.24) is 0 Å². The third-order valence-corrected chi connectivity index (χ3v) is 4.27. The van der Waals surface area contributed by atoms with Crippen LogP contribution in [0.15, 0.2) is 12.7 Å². The largest absolute Gasteiger partial charge is 0.103 e. The number of hydrogen-bond donors (Lipinski definition) is 0. The van der Waals surface area contributed by atoms with Crippen molar-refractivity contribution >= 4 is 0 Å². The molecule has 2 rings (SSSR count). The molecule has 3 unspecified atom stereocenters. The topological polar surface area (TPSA) is 0 Å². The third-order valence-electron chi connectivity index (χ3n) is 4.27. The van der Waals surface area contributed by atoms with Crippen LogP contribution in [0.2, 0.25) is 0 Å². The lowest BCUT2D eigenvalue weighted by Gasteiger charge is -2.66. The van der Waals surface area contributed by atoms with Crippen LogP contribution in [0.4, 0.5) is 0 Å². The van der Waals surface area contributed by atoms with Crippen LogP contribution in [0.25, 0.3) is 0 Å². The van der Waals surface area contributed by atoms with E-state index in [0.717, 1.165) is 17.8 Å².